The van der Waals surface area contributed by atoms with Crippen LogP contribution in [0.1, 0.15) is 26.2 Å². The van der Waals surface area contributed by atoms with Gasteiger partial charge >= 0.3 is 0 Å². The Bertz CT molecular complexity index is 398. The highest BCUT2D eigenvalue weighted by atomic mass is 127. The van der Waals surface area contributed by atoms with Gasteiger partial charge in [-0.05, 0) is 63.1 Å². The molecule has 1 amide bonds. The number of amides is 1. The molecule has 0 aliphatic heterocycles. The molecule has 0 spiro atoms. The molecular weight excluding hydrogens is 395 g/mol. The van der Waals surface area contributed by atoms with Crippen molar-refractivity contribution in [2.75, 3.05) is 5.32 Å². The van der Waals surface area contributed by atoms with Gasteiger partial charge in [-0.3, -0.25) is 4.79 Å². The molecule has 0 fully saturated rings. The Balaban J connectivity index is 2.53. The SMILES string of the molecule is CCCC(N)CC(=O)Nc1ccc(Br)c(I)c1. The summed E-state index contributed by atoms with van der Waals surface area (Å²) in [5.41, 5.74) is 6.63. The second kappa shape index (κ2) is 7.33. The third-order valence-corrected chi connectivity index (χ3v) is 4.64. The Morgan fingerprint density at radius 3 is 2.88 bits per heavy atom. The van der Waals surface area contributed by atoms with Gasteiger partial charge in [0.05, 0.1) is 0 Å². The highest BCUT2D eigenvalue weighted by Crippen LogP contribution is 2.22. The van der Waals surface area contributed by atoms with Crippen molar-refractivity contribution in [3.8, 4) is 0 Å². The number of nitrogens with one attached hydrogen (secondary N) is 1. The number of rotatable bonds is 5. The summed E-state index contributed by atoms with van der Waals surface area (Å²) >= 11 is 5.63. The van der Waals surface area contributed by atoms with Crippen molar-refractivity contribution in [2.45, 2.75) is 32.2 Å². The van der Waals surface area contributed by atoms with Gasteiger partial charge in [0.15, 0.2) is 0 Å². The molecule has 17 heavy (non-hydrogen) atoms. The minimum atomic E-state index is -0.0467. The molecular formula is C12H16BrIN2O. The van der Waals surface area contributed by atoms with Gasteiger partial charge in [0, 0.05) is 26.2 Å². The zero-order valence-corrected chi connectivity index (χ0v) is 13.4. The number of anilines is 1. The summed E-state index contributed by atoms with van der Waals surface area (Å²) in [6.45, 7) is 2.06. The van der Waals surface area contributed by atoms with E-state index in [1.807, 2.05) is 18.2 Å². The lowest BCUT2D eigenvalue weighted by molar-refractivity contribution is -0.116. The molecule has 3 N–H and O–H groups in total. The molecule has 0 aliphatic rings. The van der Waals surface area contributed by atoms with Gasteiger partial charge in [-0.1, -0.05) is 13.3 Å². The molecule has 0 saturated carbocycles. The topological polar surface area (TPSA) is 55.1 Å². The number of carbonyl (C=O) groups excluding carboxylic acids is 1. The van der Waals surface area contributed by atoms with E-state index < -0.39 is 0 Å². The van der Waals surface area contributed by atoms with Crippen molar-refractivity contribution < 1.29 is 4.79 Å². The summed E-state index contributed by atoms with van der Waals surface area (Å²) in [5, 5.41) is 2.85. The molecule has 1 rings (SSSR count). The van der Waals surface area contributed by atoms with Crippen molar-refractivity contribution >= 4 is 50.1 Å². The summed E-state index contributed by atoms with van der Waals surface area (Å²) in [5.74, 6) is -0.0240. The van der Waals surface area contributed by atoms with Crippen molar-refractivity contribution in [3.63, 3.8) is 0 Å². The maximum absolute atomic E-state index is 11.7. The summed E-state index contributed by atoms with van der Waals surface area (Å²) in [6.07, 6.45) is 2.26. The Labute approximate surface area is 124 Å². The zero-order chi connectivity index (χ0) is 12.8. The van der Waals surface area contributed by atoms with Gasteiger partial charge in [0.25, 0.3) is 0 Å². The van der Waals surface area contributed by atoms with Gasteiger partial charge in [-0.2, -0.15) is 0 Å². The molecule has 1 aromatic rings. The predicted molar refractivity (Wildman–Crippen MR) is 83.0 cm³/mol. The average molecular weight is 411 g/mol. The number of nitrogens with two attached hydrogens (primary N) is 1. The van der Waals surface area contributed by atoms with E-state index in [0.717, 1.165) is 26.6 Å². The van der Waals surface area contributed by atoms with Crippen LogP contribution in [0.25, 0.3) is 0 Å². The molecule has 0 heterocycles. The van der Waals surface area contributed by atoms with Crippen LogP contribution in [0.5, 0.6) is 0 Å². The van der Waals surface area contributed by atoms with E-state index in [9.17, 15) is 4.79 Å². The Morgan fingerprint density at radius 1 is 1.59 bits per heavy atom. The summed E-state index contributed by atoms with van der Waals surface area (Å²) in [7, 11) is 0. The highest BCUT2D eigenvalue weighted by molar-refractivity contribution is 14.1. The number of hydrogen-bond donors (Lipinski definition) is 2. The normalized spacial score (nSPS) is 12.2. The van der Waals surface area contributed by atoms with E-state index in [2.05, 4.69) is 50.8 Å². The maximum Gasteiger partial charge on any atom is 0.225 e. The monoisotopic (exact) mass is 410 g/mol. The first-order valence-corrected chi connectivity index (χ1v) is 7.40. The summed E-state index contributed by atoms with van der Waals surface area (Å²) < 4.78 is 2.09. The second-order valence-electron chi connectivity index (χ2n) is 3.93. The molecule has 0 aromatic heterocycles. The maximum atomic E-state index is 11.7. The molecule has 0 bridgehead atoms. The minimum absolute atomic E-state index is 0.0240. The molecule has 0 radical (unpaired) electrons. The van der Waals surface area contributed by atoms with Crippen LogP contribution in [0.2, 0.25) is 0 Å². The lowest BCUT2D eigenvalue weighted by Gasteiger charge is -2.11. The second-order valence-corrected chi connectivity index (χ2v) is 5.95. The van der Waals surface area contributed by atoms with E-state index in [0.29, 0.717) is 6.42 Å². The molecule has 1 unspecified atom stereocenters. The summed E-state index contributed by atoms with van der Waals surface area (Å²) in [6, 6.07) is 5.67. The molecule has 0 saturated heterocycles. The fraction of sp³-hybridized carbons (Fsp3) is 0.417. The van der Waals surface area contributed by atoms with E-state index in [4.69, 9.17) is 5.73 Å². The van der Waals surface area contributed by atoms with Gasteiger partial charge in [0.1, 0.15) is 0 Å². The molecule has 1 aromatic carbocycles. The Hall–Kier alpha value is -0.140. The quantitative estimate of drug-likeness (QED) is 0.729. The number of benzene rings is 1. The van der Waals surface area contributed by atoms with Crippen molar-refractivity contribution in [1.82, 2.24) is 0 Å². The Kier molecular flexibility index (Phi) is 6.43. The molecule has 1 atom stereocenters. The van der Waals surface area contributed by atoms with Crippen LogP contribution in [0.15, 0.2) is 22.7 Å². The van der Waals surface area contributed by atoms with Crippen LogP contribution in [0.4, 0.5) is 5.69 Å². The minimum Gasteiger partial charge on any atom is -0.327 e. The first kappa shape index (κ1) is 14.9. The fourth-order valence-corrected chi connectivity index (χ4v) is 2.26. The average Bonchev–Trinajstić information content (AvgIpc) is 2.23. The highest BCUT2D eigenvalue weighted by Gasteiger charge is 2.09. The standard InChI is InChI=1S/C12H16BrIN2O/c1-2-3-8(15)6-12(17)16-9-4-5-10(13)11(14)7-9/h4-5,7-8H,2-3,6,15H2,1H3,(H,16,17). The van der Waals surface area contributed by atoms with E-state index in [-0.39, 0.29) is 11.9 Å². The van der Waals surface area contributed by atoms with E-state index in [1.54, 1.807) is 0 Å². The summed E-state index contributed by atoms with van der Waals surface area (Å²) in [4.78, 5) is 11.7. The van der Waals surface area contributed by atoms with E-state index >= 15 is 0 Å². The lowest BCUT2D eigenvalue weighted by Crippen LogP contribution is -2.26. The predicted octanol–water partition coefficient (Wildman–Crippen LogP) is 3.51. The van der Waals surface area contributed by atoms with Crippen LogP contribution in [-0.4, -0.2) is 11.9 Å². The fourth-order valence-electron chi connectivity index (χ4n) is 1.50. The van der Waals surface area contributed by atoms with Crippen molar-refractivity contribution in [3.05, 3.63) is 26.2 Å². The number of halogens is 2. The lowest BCUT2D eigenvalue weighted by atomic mass is 10.1. The zero-order valence-electron chi connectivity index (χ0n) is 9.67. The largest absolute Gasteiger partial charge is 0.327 e. The van der Waals surface area contributed by atoms with Crippen LogP contribution >= 0.6 is 38.5 Å². The van der Waals surface area contributed by atoms with Gasteiger partial charge in [-0.15, -0.1) is 0 Å². The molecule has 5 heteroatoms. The molecule has 3 nitrogen and oxygen atoms in total. The number of carbonyl (C=O) groups is 1. The molecule has 94 valence electrons. The van der Waals surface area contributed by atoms with Crippen molar-refractivity contribution in [2.24, 2.45) is 5.73 Å². The van der Waals surface area contributed by atoms with Crippen LogP contribution in [0, 0.1) is 3.57 Å². The molecule has 0 aliphatic carbocycles. The number of hydrogen-bond acceptors (Lipinski definition) is 2. The third kappa shape index (κ3) is 5.35. The van der Waals surface area contributed by atoms with Crippen LogP contribution in [0.3, 0.4) is 0 Å². The van der Waals surface area contributed by atoms with Gasteiger partial charge in [-0.25, -0.2) is 0 Å². The van der Waals surface area contributed by atoms with E-state index in [1.165, 1.54) is 0 Å². The van der Waals surface area contributed by atoms with Gasteiger partial charge in [0.2, 0.25) is 5.91 Å². The third-order valence-electron chi connectivity index (χ3n) is 2.31. The Morgan fingerprint density at radius 2 is 2.29 bits per heavy atom. The van der Waals surface area contributed by atoms with Crippen LogP contribution in [-0.2, 0) is 4.79 Å². The van der Waals surface area contributed by atoms with Gasteiger partial charge < -0.3 is 11.1 Å². The van der Waals surface area contributed by atoms with Crippen molar-refractivity contribution in [1.29, 1.82) is 0 Å². The first-order chi connectivity index (χ1) is 8.02. The smallest absolute Gasteiger partial charge is 0.225 e. The van der Waals surface area contributed by atoms with Crippen LogP contribution < -0.4 is 11.1 Å². The first-order valence-electron chi connectivity index (χ1n) is 5.53.